The molecule has 134 valence electrons. The van der Waals surface area contributed by atoms with Crippen LogP contribution in [0.2, 0.25) is 0 Å². The van der Waals surface area contributed by atoms with Gasteiger partial charge in [0.05, 0.1) is 13.1 Å². The number of hydrogen-bond donors (Lipinski definition) is 0. The Bertz CT molecular complexity index is 698. The van der Waals surface area contributed by atoms with Gasteiger partial charge in [0.1, 0.15) is 5.69 Å². The van der Waals surface area contributed by atoms with Gasteiger partial charge in [0.15, 0.2) is 5.76 Å². The average molecular weight is 342 g/mol. The number of hydrogen-bond acceptors (Lipinski definition) is 5. The zero-order valence-electron chi connectivity index (χ0n) is 15.2. The highest BCUT2D eigenvalue weighted by atomic mass is 16.5. The lowest BCUT2D eigenvalue weighted by molar-refractivity contribution is -0.131. The third-order valence-electron chi connectivity index (χ3n) is 4.78. The van der Waals surface area contributed by atoms with Crippen LogP contribution in [-0.2, 0) is 11.3 Å². The number of carbonyl (C=O) groups is 1. The molecule has 1 fully saturated rings. The maximum absolute atomic E-state index is 12.5. The Morgan fingerprint density at radius 2 is 2.04 bits per heavy atom. The van der Waals surface area contributed by atoms with E-state index in [9.17, 15) is 4.79 Å². The summed E-state index contributed by atoms with van der Waals surface area (Å²) >= 11 is 0. The average Bonchev–Trinajstić information content (AvgIpc) is 3.25. The summed E-state index contributed by atoms with van der Waals surface area (Å²) in [4.78, 5) is 18.6. The van der Waals surface area contributed by atoms with E-state index in [2.05, 4.69) is 29.1 Å². The molecule has 1 amide bonds. The van der Waals surface area contributed by atoms with Gasteiger partial charge >= 0.3 is 0 Å². The summed E-state index contributed by atoms with van der Waals surface area (Å²) in [5.41, 5.74) is 1.81. The highest BCUT2D eigenvalue weighted by molar-refractivity contribution is 5.78. The van der Waals surface area contributed by atoms with Crippen LogP contribution in [0.3, 0.4) is 0 Å². The van der Waals surface area contributed by atoms with Crippen molar-refractivity contribution in [3.05, 3.63) is 42.2 Å². The second kappa shape index (κ2) is 7.80. The van der Waals surface area contributed by atoms with Crippen molar-refractivity contribution in [3.8, 4) is 11.3 Å². The largest absolute Gasteiger partial charge is 0.359 e. The van der Waals surface area contributed by atoms with Gasteiger partial charge in [-0.1, -0.05) is 35.5 Å². The lowest BCUT2D eigenvalue weighted by Gasteiger charge is -2.22. The van der Waals surface area contributed by atoms with Gasteiger partial charge in [-0.15, -0.1) is 0 Å². The third-order valence-corrected chi connectivity index (χ3v) is 4.78. The maximum Gasteiger partial charge on any atom is 0.236 e. The molecule has 6 heteroatoms. The summed E-state index contributed by atoms with van der Waals surface area (Å²) in [6, 6.07) is 12.3. The molecule has 0 bridgehead atoms. The molecule has 1 aliphatic rings. The molecule has 2 heterocycles. The minimum Gasteiger partial charge on any atom is -0.359 e. The first kappa shape index (κ1) is 17.6. The van der Waals surface area contributed by atoms with Crippen LogP contribution >= 0.6 is 0 Å². The molecule has 6 nitrogen and oxygen atoms in total. The van der Waals surface area contributed by atoms with Crippen molar-refractivity contribution in [3.63, 3.8) is 0 Å². The van der Waals surface area contributed by atoms with Crippen molar-refractivity contribution in [2.75, 3.05) is 40.8 Å². The number of benzene rings is 1. The number of amides is 1. The van der Waals surface area contributed by atoms with Crippen molar-refractivity contribution < 1.29 is 9.32 Å². The monoisotopic (exact) mass is 342 g/mol. The smallest absolute Gasteiger partial charge is 0.236 e. The van der Waals surface area contributed by atoms with E-state index in [1.165, 1.54) is 0 Å². The van der Waals surface area contributed by atoms with Crippen LogP contribution in [0.1, 0.15) is 12.2 Å². The molecule has 2 aromatic rings. The van der Waals surface area contributed by atoms with E-state index in [0.717, 1.165) is 30.8 Å². The van der Waals surface area contributed by atoms with Crippen LogP contribution in [0.25, 0.3) is 11.3 Å². The van der Waals surface area contributed by atoms with Gasteiger partial charge in [0.25, 0.3) is 0 Å². The summed E-state index contributed by atoms with van der Waals surface area (Å²) in [7, 11) is 6.00. The van der Waals surface area contributed by atoms with E-state index in [1.807, 2.05) is 43.4 Å². The number of nitrogens with zero attached hydrogens (tertiary/aromatic N) is 4. The zero-order chi connectivity index (χ0) is 17.8. The van der Waals surface area contributed by atoms with Gasteiger partial charge in [0, 0.05) is 37.8 Å². The molecule has 1 aliphatic heterocycles. The van der Waals surface area contributed by atoms with Crippen LogP contribution in [0.15, 0.2) is 40.9 Å². The molecule has 1 atom stereocenters. The lowest BCUT2D eigenvalue weighted by atomic mass is 10.1. The lowest BCUT2D eigenvalue weighted by Crippen LogP contribution is -2.38. The van der Waals surface area contributed by atoms with Crippen molar-refractivity contribution in [1.82, 2.24) is 19.9 Å². The molecule has 3 rings (SSSR count). The summed E-state index contributed by atoms with van der Waals surface area (Å²) < 4.78 is 5.39. The van der Waals surface area contributed by atoms with Crippen LogP contribution in [-0.4, -0.2) is 72.6 Å². The minimum absolute atomic E-state index is 0.108. The molecule has 1 unspecified atom stereocenters. The van der Waals surface area contributed by atoms with Gasteiger partial charge < -0.3 is 14.3 Å². The van der Waals surface area contributed by atoms with Crippen molar-refractivity contribution in [1.29, 1.82) is 0 Å². The Hall–Kier alpha value is -2.18. The van der Waals surface area contributed by atoms with Crippen LogP contribution in [0, 0.1) is 0 Å². The van der Waals surface area contributed by atoms with Crippen LogP contribution < -0.4 is 0 Å². The van der Waals surface area contributed by atoms with E-state index in [0.29, 0.717) is 24.9 Å². The topological polar surface area (TPSA) is 52.8 Å². The Kier molecular flexibility index (Phi) is 5.50. The van der Waals surface area contributed by atoms with Gasteiger partial charge in [-0.2, -0.15) is 0 Å². The SMILES string of the molecule is CN(Cc1cc(-c2ccccc2)no1)C(=O)CN1CCC(N(C)C)C1. The van der Waals surface area contributed by atoms with Crippen LogP contribution in [0.5, 0.6) is 0 Å². The second-order valence-corrected chi connectivity index (χ2v) is 6.94. The fourth-order valence-corrected chi connectivity index (χ4v) is 3.14. The molecule has 25 heavy (non-hydrogen) atoms. The molecule has 0 saturated carbocycles. The fourth-order valence-electron chi connectivity index (χ4n) is 3.14. The molecule has 1 aromatic carbocycles. The molecule has 0 radical (unpaired) electrons. The number of aromatic nitrogens is 1. The summed E-state index contributed by atoms with van der Waals surface area (Å²) in [5.74, 6) is 0.805. The van der Waals surface area contributed by atoms with E-state index < -0.39 is 0 Å². The minimum atomic E-state index is 0.108. The highest BCUT2D eigenvalue weighted by Crippen LogP contribution is 2.19. The first-order valence-corrected chi connectivity index (χ1v) is 8.66. The molecular weight excluding hydrogens is 316 g/mol. The van der Waals surface area contributed by atoms with Gasteiger partial charge in [-0.3, -0.25) is 9.69 Å². The Labute approximate surface area is 149 Å². The van der Waals surface area contributed by atoms with E-state index in [-0.39, 0.29) is 5.91 Å². The Balaban J connectivity index is 1.53. The first-order valence-electron chi connectivity index (χ1n) is 8.66. The molecule has 0 spiro atoms. The Morgan fingerprint density at radius 1 is 1.28 bits per heavy atom. The standard InChI is InChI=1S/C19H26N4O2/c1-21(2)16-9-10-23(12-16)14-19(24)22(3)13-17-11-18(20-25-17)15-7-5-4-6-8-15/h4-8,11,16H,9-10,12-14H2,1-3H3. The number of likely N-dealkylation sites (tertiary alicyclic amines) is 1. The van der Waals surface area contributed by atoms with Gasteiger partial charge in [0.2, 0.25) is 5.91 Å². The van der Waals surface area contributed by atoms with Crippen LogP contribution in [0.4, 0.5) is 0 Å². The number of likely N-dealkylation sites (N-methyl/N-ethyl adjacent to an activating group) is 2. The molecule has 1 aromatic heterocycles. The molecular formula is C19H26N4O2. The van der Waals surface area contributed by atoms with E-state index >= 15 is 0 Å². The molecule has 0 aliphatic carbocycles. The molecule has 1 saturated heterocycles. The maximum atomic E-state index is 12.5. The summed E-state index contributed by atoms with van der Waals surface area (Å²) in [6.07, 6.45) is 1.12. The fraction of sp³-hybridized carbons (Fsp3) is 0.474. The van der Waals surface area contributed by atoms with Gasteiger partial charge in [-0.25, -0.2) is 0 Å². The first-order chi connectivity index (χ1) is 12.0. The highest BCUT2D eigenvalue weighted by Gasteiger charge is 2.26. The van der Waals surface area contributed by atoms with Crippen molar-refractivity contribution in [2.45, 2.75) is 19.0 Å². The zero-order valence-corrected chi connectivity index (χ0v) is 15.2. The number of carbonyl (C=O) groups excluding carboxylic acids is 1. The van der Waals surface area contributed by atoms with Crippen molar-refractivity contribution >= 4 is 5.91 Å². The molecule has 0 N–H and O–H groups in total. The van der Waals surface area contributed by atoms with Gasteiger partial charge in [-0.05, 0) is 20.5 Å². The Morgan fingerprint density at radius 3 is 2.72 bits per heavy atom. The quantitative estimate of drug-likeness (QED) is 0.803. The van der Waals surface area contributed by atoms with Crippen molar-refractivity contribution in [2.24, 2.45) is 0 Å². The third kappa shape index (κ3) is 4.46. The number of rotatable bonds is 6. The second-order valence-electron chi connectivity index (χ2n) is 6.94. The summed E-state index contributed by atoms with van der Waals surface area (Å²) in [5, 5.41) is 4.10. The summed E-state index contributed by atoms with van der Waals surface area (Å²) in [6.45, 7) is 2.82. The normalized spacial score (nSPS) is 18.0. The predicted molar refractivity (Wildman–Crippen MR) is 96.9 cm³/mol. The van der Waals surface area contributed by atoms with E-state index in [1.54, 1.807) is 4.90 Å². The van der Waals surface area contributed by atoms with E-state index in [4.69, 9.17) is 4.52 Å². The predicted octanol–water partition coefficient (Wildman–Crippen LogP) is 1.94.